The number of morpholine rings is 1. The van der Waals surface area contributed by atoms with Gasteiger partial charge in [0.1, 0.15) is 0 Å². The molecule has 0 unspecified atom stereocenters. The molecule has 1 amide bonds. The lowest BCUT2D eigenvalue weighted by Crippen LogP contribution is -2.37. The second kappa shape index (κ2) is 7.87. The molecule has 1 aromatic carbocycles. The number of nitrogens with one attached hydrogen (secondary N) is 1. The van der Waals surface area contributed by atoms with Crippen molar-refractivity contribution in [2.24, 2.45) is 0 Å². The van der Waals surface area contributed by atoms with Gasteiger partial charge in [-0.05, 0) is 31.5 Å². The third kappa shape index (κ3) is 4.51. The number of benzene rings is 1. The Morgan fingerprint density at radius 1 is 1.25 bits per heavy atom. The molecule has 2 rings (SSSR count). The highest BCUT2D eigenvalue weighted by Crippen LogP contribution is 2.09. The Bertz CT molecular complexity index is 431. The van der Waals surface area contributed by atoms with E-state index in [9.17, 15) is 4.79 Å². The third-order valence-corrected chi connectivity index (χ3v) is 3.50. The zero-order valence-electron chi connectivity index (χ0n) is 11.8. The van der Waals surface area contributed by atoms with Gasteiger partial charge in [0.15, 0.2) is 0 Å². The van der Waals surface area contributed by atoms with Crippen molar-refractivity contribution < 1.29 is 9.53 Å². The van der Waals surface area contributed by atoms with Crippen molar-refractivity contribution in [1.29, 1.82) is 0 Å². The van der Waals surface area contributed by atoms with E-state index < -0.39 is 0 Å². The van der Waals surface area contributed by atoms with Gasteiger partial charge in [-0.2, -0.15) is 0 Å². The Labute approximate surface area is 120 Å². The molecule has 0 bridgehead atoms. The highest BCUT2D eigenvalue weighted by Gasteiger charge is 2.10. The van der Waals surface area contributed by atoms with Crippen molar-refractivity contribution in [3.63, 3.8) is 0 Å². The predicted octanol–water partition coefficient (Wildman–Crippen LogP) is 1.11. The van der Waals surface area contributed by atoms with Gasteiger partial charge in [0.25, 0.3) is 5.91 Å². The van der Waals surface area contributed by atoms with Gasteiger partial charge >= 0.3 is 0 Å². The average molecular weight is 277 g/mol. The fourth-order valence-corrected chi connectivity index (χ4v) is 2.29. The summed E-state index contributed by atoms with van der Waals surface area (Å²) >= 11 is 0. The van der Waals surface area contributed by atoms with Crippen molar-refractivity contribution in [1.82, 2.24) is 10.2 Å². The predicted molar refractivity (Wildman–Crippen MR) is 79.7 cm³/mol. The van der Waals surface area contributed by atoms with Crippen LogP contribution in [0.2, 0.25) is 0 Å². The maximum atomic E-state index is 11.9. The normalized spacial score (nSPS) is 16.0. The van der Waals surface area contributed by atoms with Gasteiger partial charge in [-0.1, -0.05) is 12.1 Å². The van der Waals surface area contributed by atoms with Gasteiger partial charge in [-0.15, -0.1) is 0 Å². The number of unbranched alkanes of at least 4 members (excludes halogenated alkanes) is 1. The highest BCUT2D eigenvalue weighted by atomic mass is 16.5. The average Bonchev–Trinajstić information content (AvgIpc) is 2.48. The molecule has 0 aromatic heterocycles. The van der Waals surface area contributed by atoms with E-state index in [4.69, 9.17) is 10.5 Å². The number of anilines is 1. The molecule has 1 fully saturated rings. The van der Waals surface area contributed by atoms with E-state index >= 15 is 0 Å². The molecule has 5 heteroatoms. The van der Waals surface area contributed by atoms with Crippen molar-refractivity contribution in [2.75, 3.05) is 45.1 Å². The summed E-state index contributed by atoms with van der Waals surface area (Å²) in [6.45, 7) is 5.48. The van der Waals surface area contributed by atoms with Crippen LogP contribution in [0.15, 0.2) is 24.3 Å². The number of para-hydroxylation sites is 1. The summed E-state index contributed by atoms with van der Waals surface area (Å²) in [7, 11) is 0. The van der Waals surface area contributed by atoms with Gasteiger partial charge < -0.3 is 15.8 Å². The fourth-order valence-electron chi connectivity index (χ4n) is 2.29. The number of nitrogen functional groups attached to an aromatic ring is 1. The SMILES string of the molecule is Nc1ccccc1C(=O)NCCCCN1CCOCC1. The van der Waals surface area contributed by atoms with Gasteiger partial charge in [0, 0.05) is 25.3 Å². The second-order valence-electron chi connectivity index (χ2n) is 5.00. The zero-order chi connectivity index (χ0) is 14.2. The van der Waals surface area contributed by atoms with Crippen molar-refractivity contribution in [2.45, 2.75) is 12.8 Å². The molecule has 1 aliphatic rings. The van der Waals surface area contributed by atoms with E-state index in [0.717, 1.165) is 45.7 Å². The Balaban J connectivity index is 1.61. The van der Waals surface area contributed by atoms with E-state index in [2.05, 4.69) is 10.2 Å². The maximum absolute atomic E-state index is 11.9. The summed E-state index contributed by atoms with van der Waals surface area (Å²) in [4.78, 5) is 14.3. The number of nitrogens with two attached hydrogens (primary N) is 1. The van der Waals surface area contributed by atoms with Crippen molar-refractivity contribution in [3.8, 4) is 0 Å². The molecular weight excluding hydrogens is 254 g/mol. The molecule has 0 atom stereocenters. The molecule has 0 radical (unpaired) electrons. The van der Waals surface area contributed by atoms with E-state index in [0.29, 0.717) is 17.8 Å². The number of hydrogen-bond donors (Lipinski definition) is 2. The molecule has 0 saturated carbocycles. The molecule has 110 valence electrons. The molecular formula is C15H23N3O2. The number of hydrogen-bond acceptors (Lipinski definition) is 4. The Kier molecular flexibility index (Phi) is 5.83. The molecule has 1 saturated heterocycles. The summed E-state index contributed by atoms with van der Waals surface area (Å²) in [6, 6.07) is 7.14. The number of carbonyl (C=O) groups excluding carboxylic acids is 1. The van der Waals surface area contributed by atoms with Crippen LogP contribution in [0.25, 0.3) is 0 Å². The Morgan fingerprint density at radius 2 is 2.00 bits per heavy atom. The number of ether oxygens (including phenoxy) is 1. The molecule has 0 aliphatic carbocycles. The van der Waals surface area contributed by atoms with Crippen LogP contribution < -0.4 is 11.1 Å². The standard InChI is InChI=1S/C15H23N3O2/c16-14-6-2-1-5-13(14)15(19)17-7-3-4-8-18-9-11-20-12-10-18/h1-2,5-6H,3-4,7-12,16H2,(H,17,19). The third-order valence-electron chi connectivity index (χ3n) is 3.50. The molecule has 0 spiro atoms. The minimum atomic E-state index is -0.0885. The van der Waals surface area contributed by atoms with Gasteiger partial charge in [-0.3, -0.25) is 9.69 Å². The maximum Gasteiger partial charge on any atom is 0.253 e. The van der Waals surface area contributed by atoms with E-state index in [-0.39, 0.29) is 5.91 Å². The molecule has 5 nitrogen and oxygen atoms in total. The lowest BCUT2D eigenvalue weighted by atomic mass is 10.1. The molecule has 1 aromatic rings. The van der Waals surface area contributed by atoms with Crippen LogP contribution in [-0.2, 0) is 4.74 Å². The van der Waals surface area contributed by atoms with Gasteiger partial charge in [0.2, 0.25) is 0 Å². The van der Waals surface area contributed by atoms with Crippen LogP contribution in [0.1, 0.15) is 23.2 Å². The topological polar surface area (TPSA) is 67.6 Å². The molecule has 1 heterocycles. The summed E-state index contributed by atoms with van der Waals surface area (Å²) in [5.74, 6) is -0.0885. The van der Waals surface area contributed by atoms with Crippen LogP contribution in [0.3, 0.4) is 0 Å². The van der Waals surface area contributed by atoms with Crippen LogP contribution >= 0.6 is 0 Å². The first-order valence-electron chi connectivity index (χ1n) is 7.20. The van der Waals surface area contributed by atoms with Gasteiger partial charge in [0.05, 0.1) is 18.8 Å². The number of nitrogens with zero attached hydrogens (tertiary/aromatic N) is 1. The summed E-state index contributed by atoms with van der Waals surface area (Å²) in [5.41, 5.74) is 6.85. The van der Waals surface area contributed by atoms with Crippen LogP contribution in [0.4, 0.5) is 5.69 Å². The van der Waals surface area contributed by atoms with Gasteiger partial charge in [-0.25, -0.2) is 0 Å². The lowest BCUT2D eigenvalue weighted by Gasteiger charge is -2.26. The van der Waals surface area contributed by atoms with E-state index in [1.54, 1.807) is 12.1 Å². The first kappa shape index (κ1) is 14.8. The Morgan fingerprint density at radius 3 is 2.75 bits per heavy atom. The number of amides is 1. The first-order valence-corrected chi connectivity index (χ1v) is 7.20. The largest absolute Gasteiger partial charge is 0.398 e. The number of carbonyl (C=O) groups is 1. The fraction of sp³-hybridized carbons (Fsp3) is 0.533. The monoisotopic (exact) mass is 277 g/mol. The van der Waals surface area contributed by atoms with Crippen molar-refractivity contribution >= 4 is 11.6 Å². The minimum Gasteiger partial charge on any atom is -0.398 e. The summed E-state index contributed by atoms with van der Waals surface area (Å²) in [6.07, 6.45) is 2.07. The lowest BCUT2D eigenvalue weighted by molar-refractivity contribution is 0.0372. The quantitative estimate of drug-likeness (QED) is 0.604. The second-order valence-corrected chi connectivity index (χ2v) is 5.00. The Hall–Kier alpha value is -1.59. The summed E-state index contributed by atoms with van der Waals surface area (Å²) in [5, 5.41) is 2.92. The molecule has 3 N–H and O–H groups in total. The molecule has 1 aliphatic heterocycles. The van der Waals surface area contributed by atoms with Crippen LogP contribution in [0, 0.1) is 0 Å². The van der Waals surface area contributed by atoms with Crippen LogP contribution in [0.5, 0.6) is 0 Å². The van der Waals surface area contributed by atoms with E-state index in [1.807, 2.05) is 12.1 Å². The summed E-state index contributed by atoms with van der Waals surface area (Å²) < 4.78 is 5.31. The van der Waals surface area contributed by atoms with Crippen LogP contribution in [-0.4, -0.2) is 50.2 Å². The number of rotatable bonds is 6. The minimum absolute atomic E-state index is 0.0885. The van der Waals surface area contributed by atoms with Crippen molar-refractivity contribution in [3.05, 3.63) is 29.8 Å². The first-order chi connectivity index (χ1) is 9.77. The van der Waals surface area contributed by atoms with E-state index in [1.165, 1.54) is 0 Å². The zero-order valence-corrected chi connectivity index (χ0v) is 11.8. The highest BCUT2D eigenvalue weighted by molar-refractivity contribution is 5.98. The smallest absolute Gasteiger partial charge is 0.253 e. The molecule has 20 heavy (non-hydrogen) atoms.